The van der Waals surface area contributed by atoms with Gasteiger partial charge in [-0.2, -0.15) is 0 Å². The summed E-state index contributed by atoms with van der Waals surface area (Å²) in [5, 5.41) is 1.22. The fourth-order valence-corrected chi connectivity index (χ4v) is 4.34. The quantitative estimate of drug-likeness (QED) is 0.281. The van der Waals surface area contributed by atoms with Crippen molar-refractivity contribution in [2.24, 2.45) is 0 Å². The van der Waals surface area contributed by atoms with Crippen LogP contribution in [-0.2, 0) is 4.79 Å². The lowest BCUT2D eigenvalue weighted by atomic mass is 10.1. The number of nitrogens with one attached hydrogen (secondary N) is 2. The van der Waals surface area contributed by atoms with E-state index in [1.54, 1.807) is 24.4 Å². The number of rotatable bonds is 3. The molecule has 21 heavy (non-hydrogen) atoms. The maximum absolute atomic E-state index is 12.0. The molecule has 1 aliphatic rings. The van der Waals surface area contributed by atoms with E-state index in [1.807, 2.05) is 28.7 Å². The number of hydrogen-bond donors (Lipinski definition) is 2. The molecular formula is C13H7Cl3I2N2O. The number of benzene rings is 1. The van der Waals surface area contributed by atoms with Gasteiger partial charge in [0.15, 0.2) is 0 Å². The molecule has 1 aromatic rings. The Morgan fingerprint density at radius 3 is 2.29 bits per heavy atom. The number of hydrogen-bond acceptors (Lipinski definition) is 3. The van der Waals surface area contributed by atoms with E-state index in [4.69, 9.17) is 34.8 Å². The third-order valence-corrected chi connectivity index (χ3v) is 4.71. The molecule has 1 aromatic carbocycles. The lowest BCUT2D eigenvalue weighted by Crippen LogP contribution is -2.18. The third-order valence-electron chi connectivity index (χ3n) is 2.47. The second-order valence-corrected chi connectivity index (χ2v) is 7.62. The lowest BCUT2D eigenvalue weighted by Gasteiger charge is -2.12. The first-order chi connectivity index (χ1) is 9.88. The van der Waals surface area contributed by atoms with E-state index >= 15 is 0 Å². The van der Waals surface area contributed by atoms with Gasteiger partial charge in [-0.15, -0.1) is 0 Å². The summed E-state index contributed by atoms with van der Waals surface area (Å²) < 4.78 is 1.64. The van der Waals surface area contributed by atoms with E-state index in [2.05, 4.69) is 33.4 Å². The van der Waals surface area contributed by atoms with E-state index in [-0.39, 0.29) is 5.78 Å². The molecule has 2 rings (SSSR count). The number of allylic oxidation sites excluding steroid dienone is 5. The van der Waals surface area contributed by atoms with Crippen molar-refractivity contribution in [3.05, 3.63) is 58.3 Å². The fourth-order valence-electron chi connectivity index (χ4n) is 1.54. The summed E-state index contributed by atoms with van der Waals surface area (Å²) in [6.07, 6.45) is 5.17. The Bertz CT molecular complexity index is 676. The number of Topliss-reactive ketones (excluding diaryl/α,β-unsaturated/α-hetero) is 1. The van der Waals surface area contributed by atoms with E-state index in [0.29, 0.717) is 29.9 Å². The maximum Gasteiger partial charge on any atom is 0.200 e. The molecule has 0 fully saturated rings. The second kappa shape index (κ2) is 7.54. The first kappa shape index (κ1) is 17.4. The number of anilines is 1. The molecule has 0 aromatic heterocycles. The van der Waals surface area contributed by atoms with Crippen LogP contribution >= 0.6 is 80.0 Å². The van der Waals surface area contributed by atoms with Crippen LogP contribution in [0.1, 0.15) is 0 Å². The zero-order valence-electron chi connectivity index (χ0n) is 10.2. The van der Waals surface area contributed by atoms with Gasteiger partial charge >= 0.3 is 0 Å². The molecule has 0 saturated heterocycles. The van der Waals surface area contributed by atoms with Crippen LogP contribution in [0, 0.1) is 0 Å². The average Bonchev–Trinajstić information content (AvgIpc) is 2.37. The Kier molecular flexibility index (Phi) is 6.25. The third kappa shape index (κ3) is 4.51. The number of carbonyl (C=O) groups excluding carboxylic acids is 1. The molecule has 1 aliphatic carbocycles. The molecule has 0 spiro atoms. The van der Waals surface area contributed by atoms with E-state index in [0.717, 1.165) is 3.58 Å². The highest BCUT2D eigenvalue weighted by molar-refractivity contribution is 14.1. The van der Waals surface area contributed by atoms with Gasteiger partial charge in [0.05, 0.1) is 19.3 Å². The van der Waals surface area contributed by atoms with Crippen molar-refractivity contribution >= 4 is 91.5 Å². The molecule has 2 N–H and O–H groups in total. The second-order valence-electron chi connectivity index (χ2n) is 3.96. The van der Waals surface area contributed by atoms with Crippen LogP contribution in [0.3, 0.4) is 0 Å². The Labute approximate surface area is 164 Å². The summed E-state index contributed by atoms with van der Waals surface area (Å²) in [4.78, 5) is 12.0. The van der Waals surface area contributed by atoms with Crippen LogP contribution in [0.25, 0.3) is 0 Å². The van der Waals surface area contributed by atoms with Crippen LogP contribution in [0.5, 0.6) is 0 Å². The summed E-state index contributed by atoms with van der Waals surface area (Å²) in [6, 6.07) is 3.15. The first-order valence-electron chi connectivity index (χ1n) is 5.54. The number of ketones is 1. The molecule has 0 aliphatic heterocycles. The topological polar surface area (TPSA) is 41.1 Å². The van der Waals surface area contributed by atoms with Gasteiger partial charge < -0.3 is 5.43 Å². The van der Waals surface area contributed by atoms with Crippen LogP contribution in [0.2, 0.25) is 15.1 Å². The minimum atomic E-state index is -0.0429. The van der Waals surface area contributed by atoms with Crippen molar-refractivity contribution in [3.63, 3.8) is 0 Å². The zero-order chi connectivity index (χ0) is 15.6. The Balaban J connectivity index is 2.13. The molecule has 0 saturated carbocycles. The lowest BCUT2D eigenvalue weighted by molar-refractivity contribution is -0.111. The van der Waals surface area contributed by atoms with Crippen molar-refractivity contribution in [2.45, 2.75) is 0 Å². The van der Waals surface area contributed by atoms with Crippen molar-refractivity contribution < 1.29 is 4.79 Å². The van der Waals surface area contributed by atoms with Gasteiger partial charge in [-0.05, 0) is 69.5 Å². The van der Waals surface area contributed by atoms with Gasteiger partial charge in [0.25, 0.3) is 0 Å². The molecular weight excluding hydrogens is 560 g/mol. The summed E-state index contributed by atoms with van der Waals surface area (Å²) in [7, 11) is 0. The van der Waals surface area contributed by atoms with E-state index in [9.17, 15) is 4.79 Å². The van der Waals surface area contributed by atoms with Crippen LogP contribution < -0.4 is 10.9 Å². The highest BCUT2D eigenvalue weighted by atomic mass is 127. The molecule has 0 atom stereocenters. The smallest absolute Gasteiger partial charge is 0.200 e. The number of halogens is 5. The minimum Gasteiger partial charge on any atom is -0.307 e. The molecule has 0 amide bonds. The van der Waals surface area contributed by atoms with Crippen molar-refractivity contribution in [3.8, 4) is 0 Å². The predicted molar refractivity (Wildman–Crippen MR) is 106 cm³/mol. The van der Waals surface area contributed by atoms with Crippen LogP contribution in [0.4, 0.5) is 5.69 Å². The molecule has 3 nitrogen and oxygen atoms in total. The molecule has 110 valence electrons. The molecule has 8 heteroatoms. The highest BCUT2D eigenvalue weighted by Gasteiger charge is 2.16. The monoisotopic (exact) mass is 566 g/mol. The largest absolute Gasteiger partial charge is 0.307 e. The van der Waals surface area contributed by atoms with Gasteiger partial charge in [0.1, 0.15) is 0 Å². The summed E-state index contributed by atoms with van der Waals surface area (Å²) in [5.41, 5.74) is 6.71. The molecule has 0 heterocycles. The van der Waals surface area contributed by atoms with Gasteiger partial charge in [-0.25, -0.2) is 0 Å². The van der Waals surface area contributed by atoms with E-state index in [1.165, 1.54) is 0 Å². The minimum absolute atomic E-state index is 0.0429. The molecule has 0 radical (unpaired) electrons. The number of carbonyl (C=O) groups is 1. The normalized spacial score (nSPS) is 16.6. The standard InChI is InChI=1S/C13H7Cl3I2N2O/c14-7-2-9(15)12(10(16)3-7)20-19-5-6-1-8(17)4-11(18)13(6)21/h1-5,19-20H/b6-5+. The van der Waals surface area contributed by atoms with E-state index < -0.39 is 0 Å². The SMILES string of the molecule is O=C1C(I)=CC(I)=C/C1=C\NNc1c(Cl)cc(Cl)cc1Cl. The predicted octanol–water partition coefficient (Wildman–Crippen LogP) is 5.67. The first-order valence-corrected chi connectivity index (χ1v) is 8.83. The van der Waals surface area contributed by atoms with Gasteiger partial charge in [0, 0.05) is 20.4 Å². The van der Waals surface area contributed by atoms with Gasteiger partial charge in [0.2, 0.25) is 5.78 Å². The molecule has 0 bridgehead atoms. The Morgan fingerprint density at radius 1 is 1.05 bits per heavy atom. The molecule has 0 unspecified atom stereocenters. The maximum atomic E-state index is 12.0. The van der Waals surface area contributed by atoms with Gasteiger partial charge in [-0.1, -0.05) is 34.8 Å². The summed E-state index contributed by atoms with van der Waals surface area (Å²) >= 11 is 22.1. The summed E-state index contributed by atoms with van der Waals surface area (Å²) in [6.45, 7) is 0. The Morgan fingerprint density at radius 2 is 1.67 bits per heavy atom. The summed E-state index contributed by atoms with van der Waals surface area (Å²) in [5.74, 6) is -0.0429. The fraction of sp³-hybridized carbons (Fsp3) is 0. The van der Waals surface area contributed by atoms with Crippen molar-refractivity contribution in [1.29, 1.82) is 0 Å². The van der Waals surface area contributed by atoms with Gasteiger partial charge in [-0.3, -0.25) is 10.2 Å². The van der Waals surface area contributed by atoms with Crippen molar-refractivity contribution in [1.82, 2.24) is 5.43 Å². The highest BCUT2D eigenvalue weighted by Crippen LogP contribution is 2.33. The van der Waals surface area contributed by atoms with Crippen LogP contribution in [-0.4, -0.2) is 5.78 Å². The number of hydrazine groups is 1. The van der Waals surface area contributed by atoms with Crippen LogP contribution in [0.15, 0.2) is 43.2 Å². The zero-order valence-corrected chi connectivity index (χ0v) is 16.8. The average molecular weight is 567 g/mol. The Hall–Kier alpha value is 0.0400. The van der Waals surface area contributed by atoms with Crippen molar-refractivity contribution in [2.75, 3.05) is 5.43 Å².